The summed E-state index contributed by atoms with van der Waals surface area (Å²) < 4.78 is 0. The molecule has 0 aromatic carbocycles. The maximum Gasteiger partial charge on any atom is 0.00871 e. The molecular weight excluding hydrogens is 208 g/mol. The van der Waals surface area contributed by atoms with Gasteiger partial charge in [-0.25, -0.2) is 0 Å². The normalized spacial score (nSPS) is 13.1. The minimum Gasteiger partial charge on any atom is -0.316 e. The zero-order valence-corrected chi connectivity index (χ0v) is 13.1. The Balaban J connectivity index is 4.05. The van der Waals surface area contributed by atoms with E-state index in [1.807, 2.05) is 0 Å². The molecular formula is C15H34N2. The molecule has 0 bridgehead atoms. The van der Waals surface area contributed by atoms with Crippen LogP contribution in [0.2, 0.25) is 0 Å². The van der Waals surface area contributed by atoms with Crippen molar-refractivity contribution >= 4 is 0 Å². The van der Waals surface area contributed by atoms with Crippen LogP contribution in [-0.2, 0) is 0 Å². The van der Waals surface area contributed by atoms with Crippen LogP contribution in [0.4, 0.5) is 0 Å². The van der Waals surface area contributed by atoms with Crippen LogP contribution in [0.1, 0.15) is 54.4 Å². The van der Waals surface area contributed by atoms with Crippen molar-refractivity contribution in [3.63, 3.8) is 0 Å². The van der Waals surface area contributed by atoms with Crippen molar-refractivity contribution in [1.82, 2.24) is 10.2 Å². The molecule has 0 spiro atoms. The Labute approximate surface area is 109 Å². The Morgan fingerprint density at radius 2 is 1.65 bits per heavy atom. The second kappa shape index (κ2) is 8.10. The van der Waals surface area contributed by atoms with Crippen LogP contribution in [0.5, 0.6) is 0 Å². The molecule has 0 aromatic heterocycles. The zero-order chi connectivity index (χ0) is 13.5. The molecule has 0 fully saturated rings. The number of nitrogens with one attached hydrogen (secondary N) is 1. The number of nitrogens with zero attached hydrogens (tertiary/aromatic N) is 1. The number of hydrogen-bond acceptors (Lipinski definition) is 2. The highest BCUT2D eigenvalue weighted by molar-refractivity contribution is 4.78. The van der Waals surface area contributed by atoms with E-state index in [-0.39, 0.29) is 0 Å². The number of hydrogen-bond donors (Lipinski definition) is 1. The molecule has 0 aromatic rings. The Kier molecular flexibility index (Phi) is 8.06. The second-order valence-electron chi connectivity index (χ2n) is 6.57. The Morgan fingerprint density at radius 1 is 1.12 bits per heavy atom. The fraction of sp³-hybridized carbons (Fsp3) is 1.00. The molecule has 0 saturated carbocycles. The van der Waals surface area contributed by atoms with Gasteiger partial charge in [-0.15, -0.1) is 0 Å². The maximum absolute atomic E-state index is 3.58. The monoisotopic (exact) mass is 242 g/mol. The average Bonchev–Trinajstić information content (AvgIpc) is 2.17. The van der Waals surface area contributed by atoms with Crippen LogP contribution in [-0.4, -0.2) is 37.6 Å². The zero-order valence-electron chi connectivity index (χ0n) is 13.1. The molecule has 0 aliphatic carbocycles. The van der Waals surface area contributed by atoms with Gasteiger partial charge in [-0.3, -0.25) is 0 Å². The van der Waals surface area contributed by atoms with E-state index in [1.165, 1.54) is 19.4 Å². The molecule has 0 unspecified atom stereocenters. The molecule has 2 nitrogen and oxygen atoms in total. The third-order valence-corrected chi connectivity index (χ3v) is 3.40. The van der Waals surface area contributed by atoms with Crippen LogP contribution >= 0.6 is 0 Å². The highest BCUT2D eigenvalue weighted by Gasteiger charge is 2.22. The van der Waals surface area contributed by atoms with Gasteiger partial charge in [0.25, 0.3) is 0 Å². The molecule has 17 heavy (non-hydrogen) atoms. The van der Waals surface area contributed by atoms with E-state index in [0.29, 0.717) is 5.41 Å². The summed E-state index contributed by atoms with van der Waals surface area (Å²) in [5.41, 5.74) is 0.353. The molecule has 0 aliphatic rings. The van der Waals surface area contributed by atoms with Gasteiger partial charge in [-0.1, -0.05) is 41.5 Å². The summed E-state index contributed by atoms with van der Waals surface area (Å²) in [5, 5.41) is 3.58. The quantitative estimate of drug-likeness (QED) is 0.667. The Bertz CT molecular complexity index is 183. The van der Waals surface area contributed by atoms with Crippen LogP contribution in [0, 0.1) is 11.3 Å². The van der Waals surface area contributed by atoms with Gasteiger partial charge < -0.3 is 10.2 Å². The van der Waals surface area contributed by atoms with Gasteiger partial charge in [0.1, 0.15) is 0 Å². The van der Waals surface area contributed by atoms with Crippen molar-refractivity contribution < 1.29 is 0 Å². The third-order valence-electron chi connectivity index (χ3n) is 3.40. The lowest BCUT2D eigenvalue weighted by Gasteiger charge is -2.35. The van der Waals surface area contributed by atoms with Gasteiger partial charge >= 0.3 is 0 Å². The summed E-state index contributed by atoms with van der Waals surface area (Å²) in [6.07, 6.45) is 2.50. The highest BCUT2D eigenvalue weighted by Crippen LogP contribution is 2.18. The first-order chi connectivity index (χ1) is 7.82. The SMILES string of the molecule is CCC(CC)N(C)CC(C)(C)CNCC(C)C. The van der Waals surface area contributed by atoms with Gasteiger partial charge in [0.05, 0.1) is 0 Å². The standard InChI is InChI=1S/C15H34N2/c1-8-14(9-2)17(7)12-15(5,6)11-16-10-13(3)4/h13-14,16H,8-12H2,1-7H3. The van der Waals surface area contributed by atoms with E-state index < -0.39 is 0 Å². The summed E-state index contributed by atoms with van der Waals surface area (Å²) in [4.78, 5) is 2.52. The van der Waals surface area contributed by atoms with Gasteiger partial charge in [-0.05, 0) is 37.8 Å². The summed E-state index contributed by atoms with van der Waals surface area (Å²) >= 11 is 0. The van der Waals surface area contributed by atoms with Crippen molar-refractivity contribution in [1.29, 1.82) is 0 Å². The molecule has 0 heterocycles. The predicted octanol–water partition coefficient (Wildman–Crippen LogP) is 3.38. The summed E-state index contributed by atoms with van der Waals surface area (Å²) in [5.74, 6) is 0.738. The average molecular weight is 242 g/mol. The van der Waals surface area contributed by atoms with E-state index in [2.05, 4.69) is 58.8 Å². The lowest BCUT2D eigenvalue weighted by Crippen LogP contribution is -2.43. The van der Waals surface area contributed by atoms with E-state index >= 15 is 0 Å². The van der Waals surface area contributed by atoms with Crippen molar-refractivity contribution in [2.75, 3.05) is 26.7 Å². The predicted molar refractivity (Wildman–Crippen MR) is 78.5 cm³/mol. The molecule has 0 saturated heterocycles. The molecule has 0 rings (SSSR count). The van der Waals surface area contributed by atoms with Crippen molar-refractivity contribution in [2.24, 2.45) is 11.3 Å². The largest absolute Gasteiger partial charge is 0.316 e. The topological polar surface area (TPSA) is 15.3 Å². The fourth-order valence-corrected chi connectivity index (χ4v) is 2.47. The first-order valence-electron chi connectivity index (χ1n) is 7.23. The van der Waals surface area contributed by atoms with Crippen molar-refractivity contribution in [3.8, 4) is 0 Å². The van der Waals surface area contributed by atoms with Gasteiger partial charge in [0, 0.05) is 19.1 Å². The number of rotatable bonds is 9. The van der Waals surface area contributed by atoms with Gasteiger partial charge in [-0.2, -0.15) is 0 Å². The van der Waals surface area contributed by atoms with E-state index in [1.54, 1.807) is 0 Å². The van der Waals surface area contributed by atoms with Crippen LogP contribution < -0.4 is 5.32 Å². The smallest absolute Gasteiger partial charge is 0.00871 e. The Hall–Kier alpha value is -0.0800. The minimum absolute atomic E-state index is 0.353. The van der Waals surface area contributed by atoms with Gasteiger partial charge in [0.2, 0.25) is 0 Å². The van der Waals surface area contributed by atoms with E-state index in [0.717, 1.165) is 25.0 Å². The van der Waals surface area contributed by atoms with Crippen molar-refractivity contribution in [3.05, 3.63) is 0 Å². The van der Waals surface area contributed by atoms with E-state index in [9.17, 15) is 0 Å². The molecule has 0 radical (unpaired) electrons. The molecule has 0 aliphatic heterocycles. The highest BCUT2D eigenvalue weighted by atomic mass is 15.1. The summed E-state index contributed by atoms with van der Waals surface area (Å²) in [7, 11) is 2.27. The fourth-order valence-electron chi connectivity index (χ4n) is 2.47. The summed E-state index contributed by atoms with van der Waals surface area (Å²) in [6.45, 7) is 17.2. The molecule has 104 valence electrons. The second-order valence-corrected chi connectivity index (χ2v) is 6.57. The molecule has 1 N–H and O–H groups in total. The summed E-state index contributed by atoms with van der Waals surface area (Å²) in [6, 6.07) is 0.736. The van der Waals surface area contributed by atoms with E-state index in [4.69, 9.17) is 0 Å². The lowest BCUT2D eigenvalue weighted by molar-refractivity contribution is 0.150. The lowest BCUT2D eigenvalue weighted by atomic mass is 9.91. The van der Waals surface area contributed by atoms with Crippen LogP contribution in [0.3, 0.4) is 0 Å². The van der Waals surface area contributed by atoms with Crippen molar-refractivity contribution in [2.45, 2.75) is 60.4 Å². The third kappa shape index (κ3) is 7.77. The first kappa shape index (κ1) is 16.9. The Morgan fingerprint density at radius 3 is 2.06 bits per heavy atom. The van der Waals surface area contributed by atoms with Crippen LogP contribution in [0.25, 0.3) is 0 Å². The first-order valence-corrected chi connectivity index (χ1v) is 7.23. The van der Waals surface area contributed by atoms with Gasteiger partial charge in [0.15, 0.2) is 0 Å². The van der Waals surface area contributed by atoms with Crippen LogP contribution in [0.15, 0.2) is 0 Å². The molecule has 0 amide bonds. The minimum atomic E-state index is 0.353. The molecule has 0 atom stereocenters. The maximum atomic E-state index is 3.58. The molecule has 2 heteroatoms.